The highest BCUT2D eigenvalue weighted by Crippen LogP contribution is 2.34. The van der Waals surface area contributed by atoms with Gasteiger partial charge in [-0.1, -0.05) is 39.1 Å². The fraction of sp³-hybridized carbons (Fsp3) is 0.188. The Balaban J connectivity index is 1.87. The molecule has 1 heterocycles. The Morgan fingerprint density at radius 1 is 1.23 bits per heavy atom. The van der Waals surface area contributed by atoms with E-state index in [1.54, 1.807) is 18.2 Å². The molecule has 1 atom stereocenters. The topological polar surface area (TPSA) is 38.3 Å². The Hall–Kier alpha value is -1.23. The monoisotopic (exact) mass is 399 g/mol. The average Bonchev–Trinajstić information content (AvgIpc) is 2.50. The second-order valence-electron chi connectivity index (χ2n) is 4.97. The largest absolute Gasteiger partial charge is 0.493 e. The van der Waals surface area contributed by atoms with Crippen molar-refractivity contribution >= 4 is 45.0 Å². The molecule has 1 amide bonds. The predicted molar refractivity (Wildman–Crippen MR) is 90.9 cm³/mol. The van der Waals surface area contributed by atoms with Gasteiger partial charge in [0.1, 0.15) is 5.75 Å². The minimum Gasteiger partial charge on any atom is -0.493 e. The van der Waals surface area contributed by atoms with E-state index in [-0.39, 0.29) is 11.9 Å². The van der Waals surface area contributed by atoms with Gasteiger partial charge in [-0.3, -0.25) is 4.79 Å². The number of carbonyl (C=O) groups excluding carboxylic acids is 1. The van der Waals surface area contributed by atoms with Crippen LogP contribution in [-0.2, 0) is 0 Å². The Labute approximate surface area is 146 Å². The van der Waals surface area contributed by atoms with Crippen LogP contribution in [0.1, 0.15) is 28.4 Å². The minimum atomic E-state index is -0.245. The fourth-order valence-electron chi connectivity index (χ4n) is 2.42. The first-order valence-corrected chi connectivity index (χ1v) is 8.27. The Kier molecular flexibility index (Phi) is 4.62. The van der Waals surface area contributed by atoms with Crippen LogP contribution in [0.3, 0.4) is 0 Å². The third-order valence-electron chi connectivity index (χ3n) is 3.49. The second-order valence-corrected chi connectivity index (χ2v) is 6.73. The van der Waals surface area contributed by atoms with Crippen LogP contribution in [0.5, 0.6) is 5.75 Å². The van der Waals surface area contributed by atoms with E-state index in [0.717, 1.165) is 15.8 Å². The Morgan fingerprint density at radius 2 is 2.05 bits per heavy atom. The van der Waals surface area contributed by atoms with E-state index in [2.05, 4.69) is 21.2 Å². The molecule has 114 valence electrons. The maximum absolute atomic E-state index is 12.5. The van der Waals surface area contributed by atoms with Gasteiger partial charge >= 0.3 is 0 Å². The number of amides is 1. The third-order valence-corrected chi connectivity index (χ3v) is 4.55. The molecule has 1 aliphatic heterocycles. The molecule has 0 spiro atoms. The van der Waals surface area contributed by atoms with E-state index >= 15 is 0 Å². The average molecular weight is 401 g/mol. The smallest absolute Gasteiger partial charge is 0.253 e. The van der Waals surface area contributed by atoms with Gasteiger partial charge in [-0.15, -0.1) is 0 Å². The van der Waals surface area contributed by atoms with Gasteiger partial charge in [0, 0.05) is 21.5 Å². The summed E-state index contributed by atoms with van der Waals surface area (Å²) >= 11 is 15.5. The Morgan fingerprint density at radius 3 is 2.86 bits per heavy atom. The van der Waals surface area contributed by atoms with Crippen LogP contribution in [0.2, 0.25) is 10.0 Å². The van der Waals surface area contributed by atoms with Crippen LogP contribution < -0.4 is 10.1 Å². The first-order valence-electron chi connectivity index (χ1n) is 6.73. The lowest BCUT2D eigenvalue weighted by molar-refractivity contribution is 0.0925. The van der Waals surface area contributed by atoms with E-state index in [1.165, 1.54) is 0 Å². The molecule has 3 nitrogen and oxygen atoms in total. The zero-order valence-corrected chi connectivity index (χ0v) is 14.5. The summed E-state index contributed by atoms with van der Waals surface area (Å²) in [5.41, 5.74) is 1.32. The lowest BCUT2D eigenvalue weighted by Crippen LogP contribution is -2.32. The van der Waals surface area contributed by atoms with Crippen molar-refractivity contribution in [3.63, 3.8) is 0 Å². The van der Waals surface area contributed by atoms with E-state index < -0.39 is 0 Å². The summed E-state index contributed by atoms with van der Waals surface area (Å²) in [7, 11) is 0. The SMILES string of the molecule is O=C(NC1CCOc2ccc(Br)cc21)c1cc(Cl)ccc1Cl. The molecule has 0 saturated heterocycles. The molecule has 2 aromatic rings. The highest BCUT2D eigenvalue weighted by Gasteiger charge is 2.24. The molecule has 1 N–H and O–H groups in total. The number of nitrogens with one attached hydrogen (secondary N) is 1. The van der Waals surface area contributed by atoms with E-state index in [9.17, 15) is 4.79 Å². The number of hydrogen-bond donors (Lipinski definition) is 1. The zero-order valence-electron chi connectivity index (χ0n) is 11.4. The lowest BCUT2D eigenvalue weighted by Gasteiger charge is -2.27. The maximum atomic E-state index is 12.5. The highest BCUT2D eigenvalue weighted by molar-refractivity contribution is 9.10. The molecule has 1 unspecified atom stereocenters. The predicted octanol–water partition coefficient (Wildman–Crippen LogP) is 5.01. The molecule has 0 saturated carbocycles. The molecule has 22 heavy (non-hydrogen) atoms. The van der Waals surface area contributed by atoms with Crippen molar-refractivity contribution in [2.75, 3.05) is 6.61 Å². The van der Waals surface area contributed by atoms with Crippen molar-refractivity contribution in [3.8, 4) is 5.75 Å². The van der Waals surface area contributed by atoms with Crippen molar-refractivity contribution in [3.05, 3.63) is 62.0 Å². The van der Waals surface area contributed by atoms with Crippen LogP contribution >= 0.6 is 39.1 Å². The number of hydrogen-bond acceptors (Lipinski definition) is 2. The second kappa shape index (κ2) is 6.49. The number of fused-ring (bicyclic) bond motifs is 1. The molecule has 0 aromatic heterocycles. The molecule has 0 fully saturated rings. The van der Waals surface area contributed by atoms with Gasteiger partial charge in [0.2, 0.25) is 0 Å². The minimum absolute atomic E-state index is 0.121. The summed E-state index contributed by atoms with van der Waals surface area (Å²) in [6, 6.07) is 10.5. The van der Waals surface area contributed by atoms with Crippen molar-refractivity contribution in [1.82, 2.24) is 5.32 Å². The van der Waals surface area contributed by atoms with Crippen LogP contribution in [0.15, 0.2) is 40.9 Å². The summed E-state index contributed by atoms with van der Waals surface area (Å²) in [6.07, 6.45) is 0.702. The van der Waals surface area contributed by atoms with E-state index in [4.69, 9.17) is 27.9 Å². The summed E-state index contributed by atoms with van der Waals surface area (Å²) in [5.74, 6) is 0.544. The quantitative estimate of drug-likeness (QED) is 0.769. The summed E-state index contributed by atoms with van der Waals surface area (Å²) < 4.78 is 6.56. The lowest BCUT2D eigenvalue weighted by atomic mass is 10.00. The van der Waals surface area contributed by atoms with Gasteiger partial charge in [0.15, 0.2) is 0 Å². The summed E-state index contributed by atoms with van der Waals surface area (Å²) in [6.45, 7) is 0.558. The Bertz CT molecular complexity index is 736. The van der Waals surface area contributed by atoms with Crippen molar-refractivity contribution in [1.29, 1.82) is 0 Å². The van der Waals surface area contributed by atoms with Gasteiger partial charge in [-0.05, 0) is 36.4 Å². The van der Waals surface area contributed by atoms with Gasteiger partial charge in [-0.2, -0.15) is 0 Å². The standard InChI is InChI=1S/C16H12BrCl2NO2/c17-9-1-4-15-12(7-9)14(5-6-22-15)20-16(21)11-8-10(18)2-3-13(11)19/h1-4,7-8,14H,5-6H2,(H,20,21). The zero-order chi connectivity index (χ0) is 15.7. The molecule has 6 heteroatoms. The molecule has 3 rings (SSSR count). The summed E-state index contributed by atoms with van der Waals surface area (Å²) in [4.78, 5) is 12.5. The number of benzene rings is 2. The van der Waals surface area contributed by atoms with Crippen molar-refractivity contribution in [2.45, 2.75) is 12.5 Å². The van der Waals surface area contributed by atoms with Crippen LogP contribution in [0.4, 0.5) is 0 Å². The molecular formula is C16H12BrCl2NO2. The van der Waals surface area contributed by atoms with Gasteiger partial charge in [-0.25, -0.2) is 0 Å². The van der Waals surface area contributed by atoms with Crippen LogP contribution in [0.25, 0.3) is 0 Å². The van der Waals surface area contributed by atoms with Crippen LogP contribution in [-0.4, -0.2) is 12.5 Å². The van der Waals surface area contributed by atoms with Gasteiger partial charge < -0.3 is 10.1 Å². The summed E-state index contributed by atoms with van der Waals surface area (Å²) in [5, 5.41) is 3.86. The first-order chi connectivity index (χ1) is 10.5. The molecule has 0 bridgehead atoms. The third kappa shape index (κ3) is 3.24. The van der Waals surface area contributed by atoms with Gasteiger partial charge in [0.05, 0.1) is 23.2 Å². The molecule has 2 aromatic carbocycles. The van der Waals surface area contributed by atoms with Crippen LogP contribution in [0, 0.1) is 0 Å². The number of halogens is 3. The normalized spacial score (nSPS) is 16.6. The molecular weight excluding hydrogens is 389 g/mol. The fourth-order valence-corrected chi connectivity index (χ4v) is 3.18. The van der Waals surface area contributed by atoms with E-state index in [0.29, 0.717) is 28.6 Å². The molecule has 0 radical (unpaired) electrons. The van der Waals surface area contributed by atoms with Crippen molar-refractivity contribution < 1.29 is 9.53 Å². The number of ether oxygens (including phenoxy) is 1. The first kappa shape index (κ1) is 15.7. The number of carbonyl (C=O) groups is 1. The number of rotatable bonds is 2. The van der Waals surface area contributed by atoms with E-state index in [1.807, 2.05) is 18.2 Å². The molecule has 1 aliphatic rings. The highest BCUT2D eigenvalue weighted by atomic mass is 79.9. The van der Waals surface area contributed by atoms with Gasteiger partial charge in [0.25, 0.3) is 5.91 Å². The molecule has 0 aliphatic carbocycles. The maximum Gasteiger partial charge on any atom is 0.253 e. The van der Waals surface area contributed by atoms with Crippen molar-refractivity contribution in [2.24, 2.45) is 0 Å².